The molecule has 3 nitrogen and oxygen atoms in total. The fourth-order valence-corrected chi connectivity index (χ4v) is 0.386. The number of rotatable bonds is 3. The minimum atomic E-state index is -0.981. The fraction of sp³-hybridized carbons (Fsp3) is 0.429. The van der Waals surface area contributed by atoms with Crippen LogP contribution in [-0.2, 0) is 9.59 Å². The molecular formula is C7H11ClO3. The second-order valence-corrected chi connectivity index (χ2v) is 2.07. The van der Waals surface area contributed by atoms with E-state index in [9.17, 15) is 9.59 Å². The molecule has 0 aliphatic heterocycles. The van der Waals surface area contributed by atoms with Gasteiger partial charge in [0.25, 0.3) is 0 Å². The van der Waals surface area contributed by atoms with Gasteiger partial charge < -0.3 is 5.11 Å². The van der Waals surface area contributed by atoms with Crippen LogP contribution < -0.4 is 0 Å². The number of carbonyl (C=O) groups excluding carboxylic acids is 1. The van der Waals surface area contributed by atoms with E-state index >= 15 is 0 Å². The van der Waals surface area contributed by atoms with Crippen LogP contribution in [0.2, 0.25) is 0 Å². The second-order valence-electron chi connectivity index (χ2n) is 1.65. The van der Waals surface area contributed by atoms with Crippen LogP contribution in [0.25, 0.3) is 0 Å². The van der Waals surface area contributed by atoms with Crippen molar-refractivity contribution in [1.82, 2.24) is 0 Å². The van der Waals surface area contributed by atoms with Crippen molar-refractivity contribution in [2.24, 2.45) is 0 Å². The van der Waals surface area contributed by atoms with E-state index in [1.807, 2.05) is 6.92 Å². The van der Waals surface area contributed by atoms with Crippen LogP contribution in [0.15, 0.2) is 12.7 Å². The van der Waals surface area contributed by atoms with E-state index in [1.165, 1.54) is 0 Å². The number of carboxylic acids is 1. The average Bonchev–Trinajstić information content (AvgIpc) is 1.89. The van der Waals surface area contributed by atoms with E-state index in [-0.39, 0.29) is 5.24 Å². The van der Waals surface area contributed by atoms with Crippen molar-refractivity contribution in [3.05, 3.63) is 12.7 Å². The molecule has 0 aliphatic carbocycles. The van der Waals surface area contributed by atoms with Crippen molar-refractivity contribution in [3.8, 4) is 0 Å². The number of hydrogen-bond donors (Lipinski definition) is 1. The molecule has 0 fully saturated rings. The van der Waals surface area contributed by atoms with Crippen LogP contribution in [0.1, 0.15) is 19.8 Å². The zero-order valence-corrected chi connectivity index (χ0v) is 7.10. The summed E-state index contributed by atoms with van der Waals surface area (Å²) in [5.41, 5.74) is 0. The molecule has 64 valence electrons. The molecule has 1 N–H and O–H groups in total. The van der Waals surface area contributed by atoms with Crippen LogP contribution in [0.3, 0.4) is 0 Å². The van der Waals surface area contributed by atoms with Gasteiger partial charge in [-0.3, -0.25) is 4.79 Å². The predicted octanol–water partition coefficient (Wildman–Crippen LogP) is 1.81. The van der Waals surface area contributed by atoms with E-state index in [0.29, 0.717) is 6.42 Å². The van der Waals surface area contributed by atoms with Gasteiger partial charge in [-0.2, -0.15) is 0 Å². The number of aliphatic carboxylic acids is 1. The summed E-state index contributed by atoms with van der Waals surface area (Å²) in [6, 6.07) is 0. The Morgan fingerprint density at radius 3 is 2.00 bits per heavy atom. The summed E-state index contributed by atoms with van der Waals surface area (Å²) in [6.45, 7) is 4.88. The molecule has 0 aliphatic rings. The predicted molar refractivity (Wildman–Crippen MR) is 43.6 cm³/mol. The molecule has 0 radical (unpaired) electrons. The third-order valence-corrected chi connectivity index (χ3v) is 0.810. The van der Waals surface area contributed by atoms with Crippen molar-refractivity contribution < 1.29 is 14.7 Å². The van der Waals surface area contributed by atoms with E-state index in [1.54, 1.807) is 0 Å². The number of hydrogen-bond acceptors (Lipinski definition) is 2. The lowest BCUT2D eigenvalue weighted by molar-refractivity contribution is -0.131. The maximum Gasteiger partial charge on any atom is 0.327 e. The maximum absolute atomic E-state index is 9.81. The highest BCUT2D eigenvalue weighted by molar-refractivity contribution is 6.63. The fourth-order valence-electron chi connectivity index (χ4n) is 0.197. The Hall–Kier alpha value is -0.830. The second kappa shape index (κ2) is 9.17. The van der Waals surface area contributed by atoms with E-state index < -0.39 is 5.97 Å². The highest BCUT2D eigenvalue weighted by Gasteiger charge is 1.87. The Morgan fingerprint density at radius 1 is 1.64 bits per heavy atom. The highest BCUT2D eigenvalue weighted by atomic mass is 35.5. The Bertz CT molecular complexity index is 143. The van der Waals surface area contributed by atoms with Gasteiger partial charge in [-0.15, -0.1) is 0 Å². The Kier molecular flexibility index (Phi) is 10.7. The van der Waals surface area contributed by atoms with Gasteiger partial charge in [0.15, 0.2) is 0 Å². The summed E-state index contributed by atoms with van der Waals surface area (Å²) in [5.74, 6) is -0.981. The summed E-state index contributed by atoms with van der Waals surface area (Å²) >= 11 is 4.94. The Balaban J connectivity index is 0. The van der Waals surface area contributed by atoms with E-state index in [0.717, 1.165) is 12.5 Å². The zero-order valence-electron chi connectivity index (χ0n) is 6.34. The van der Waals surface area contributed by atoms with Crippen LogP contribution in [0.5, 0.6) is 0 Å². The highest BCUT2D eigenvalue weighted by Crippen LogP contribution is 1.90. The van der Waals surface area contributed by atoms with Gasteiger partial charge in [0.05, 0.1) is 0 Å². The van der Waals surface area contributed by atoms with Crippen molar-refractivity contribution in [2.45, 2.75) is 19.8 Å². The third-order valence-electron chi connectivity index (χ3n) is 0.621. The molecule has 0 rings (SSSR count). The van der Waals surface area contributed by atoms with Crippen LogP contribution >= 0.6 is 11.6 Å². The van der Waals surface area contributed by atoms with Crippen LogP contribution in [0.4, 0.5) is 0 Å². The SMILES string of the molecule is C=CC(=O)O.CCCC(=O)Cl. The molecule has 0 heterocycles. The molecule has 11 heavy (non-hydrogen) atoms. The van der Waals surface area contributed by atoms with Gasteiger partial charge in [-0.1, -0.05) is 13.5 Å². The molecule has 0 aromatic heterocycles. The van der Waals surface area contributed by atoms with Gasteiger partial charge in [-0.25, -0.2) is 4.79 Å². The lowest BCUT2D eigenvalue weighted by Gasteiger charge is -1.77. The molecule has 0 spiro atoms. The monoisotopic (exact) mass is 178 g/mol. The Labute approximate surface area is 70.7 Å². The first kappa shape index (κ1) is 12.8. The minimum Gasteiger partial charge on any atom is -0.478 e. The lowest BCUT2D eigenvalue weighted by atomic mass is 10.4. The summed E-state index contributed by atoms with van der Waals surface area (Å²) in [6.07, 6.45) is 2.18. The molecule has 0 aromatic rings. The topological polar surface area (TPSA) is 54.4 Å². The lowest BCUT2D eigenvalue weighted by Crippen LogP contribution is -1.82. The van der Waals surface area contributed by atoms with Crippen molar-refractivity contribution >= 4 is 22.8 Å². The van der Waals surface area contributed by atoms with E-state index in [2.05, 4.69) is 6.58 Å². The van der Waals surface area contributed by atoms with Gasteiger partial charge >= 0.3 is 5.97 Å². The number of halogens is 1. The smallest absolute Gasteiger partial charge is 0.327 e. The van der Waals surface area contributed by atoms with Crippen molar-refractivity contribution in [3.63, 3.8) is 0 Å². The summed E-state index contributed by atoms with van der Waals surface area (Å²) < 4.78 is 0. The van der Waals surface area contributed by atoms with Crippen LogP contribution in [0, 0.1) is 0 Å². The molecule has 0 amide bonds. The van der Waals surface area contributed by atoms with Crippen molar-refractivity contribution in [1.29, 1.82) is 0 Å². The van der Waals surface area contributed by atoms with Crippen molar-refractivity contribution in [2.75, 3.05) is 0 Å². The summed E-state index contributed by atoms with van der Waals surface area (Å²) in [5, 5.41) is 7.37. The minimum absolute atomic E-state index is 0.238. The summed E-state index contributed by atoms with van der Waals surface area (Å²) in [7, 11) is 0. The molecule has 0 aromatic carbocycles. The van der Waals surface area contributed by atoms with Gasteiger partial charge in [0.2, 0.25) is 5.24 Å². The first-order chi connectivity index (χ1) is 5.04. The molecular weight excluding hydrogens is 168 g/mol. The molecule has 0 saturated heterocycles. The molecule has 0 atom stereocenters. The number of carbonyl (C=O) groups is 2. The zero-order chi connectivity index (χ0) is 9.28. The molecule has 0 unspecified atom stereocenters. The Morgan fingerprint density at radius 2 is 2.00 bits per heavy atom. The summed E-state index contributed by atoms with van der Waals surface area (Å²) in [4.78, 5) is 19.1. The van der Waals surface area contributed by atoms with Gasteiger partial charge in [0, 0.05) is 12.5 Å². The number of carboxylic acid groups (broad SMARTS) is 1. The van der Waals surface area contributed by atoms with Gasteiger partial charge in [0.1, 0.15) is 0 Å². The molecule has 0 saturated carbocycles. The normalized spacial score (nSPS) is 7.45. The van der Waals surface area contributed by atoms with E-state index in [4.69, 9.17) is 16.7 Å². The third kappa shape index (κ3) is 27.1. The van der Waals surface area contributed by atoms with Crippen LogP contribution in [-0.4, -0.2) is 16.3 Å². The van der Waals surface area contributed by atoms with Gasteiger partial charge in [-0.05, 0) is 18.0 Å². The quantitative estimate of drug-likeness (QED) is 0.530. The standard InChI is InChI=1S/C4H7ClO.C3H4O2/c1-2-3-4(5)6;1-2-3(4)5/h2-3H2,1H3;2H,1H2,(H,4,5). The average molecular weight is 179 g/mol. The molecule has 4 heteroatoms. The first-order valence-corrected chi connectivity index (χ1v) is 3.46. The first-order valence-electron chi connectivity index (χ1n) is 3.08. The largest absolute Gasteiger partial charge is 0.478 e. The maximum atomic E-state index is 9.81. The molecule has 0 bridgehead atoms.